The smallest absolute Gasteiger partial charge is 0.330 e. The van der Waals surface area contributed by atoms with Gasteiger partial charge < -0.3 is 10.4 Å². The molecule has 0 spiro atoms. The molecule has 1 aromatic heterocycles. The third-order valence-corrected chi connectivity index (χ3v) is 3.34. The Hall–Kier alpha value is -3.15. The van der Waals surface area contributed by atoms with Crippen LogP contribution in [0.1, 0.15) is 22.1 Å². The summed E-state index contributed by atoms with van der Waals surface area (Å²) >= 11 is 0. The van der Waals surface area contributed by atoms with Crippen LogP contribution in [0.5, 0.6) is 0 Å². The molecule has 3 rings (SSSR count). The molecule has 6 nitrogen and oxygen atoms in total. The van der Waals surface area contributed by atoms with Gasteiger partial charge >= 0.3 is 5.97 Å². The zero-order valence-electron chi connectivity index (χ0n) is 11.5. The van der Waals surface area contributed by atoms with E-state index in [1.165, 1.54) is 0 Å². The number of aromatic nitrogens is 2. The van der Waals surface area contributed by atoms with Crippen LogP contribution in [0.4, 0.5) is 0 Å². The van der Waals surface area contributed by atoms with Crippen molar-refractivity contribution >= 4 is 22.8 Å². The number of aromatic amines is 1. The lowest BCUT2D eigenvalue weighted by molar-refractivity contribution is -0.139. The third kappa shape index (κ3) is 2.54. The van der Waals surface area contributed by atoms with Crippen molar-refractivity contribution < 1.29 is 14.7 Å². The number of carboxylic acids is 1. The molecule has 2 aromatic carbocycles. The molecule has 0 radical (unpaired) electrons. The van der Waals surface area contributed by atoms with E-state index in [0.717, 1.165) is 5.52 Å². The molecule has 6 heteroatoms. The molecule has 0 bridgehead atoms. The molecule has 0 saturated heterocycles. The lowest BCUT2D eigenvalue weighted by atomic mass is 10.1. The van der Waals surface area contributed by atoms with E-state index in [4.69, 9.17) is 0 Å². The molecule has 0 aliphatic carbocycles. The summed E-state index contributed by atoms with van der Waals surface area (Å²) in [7, 11) is 0. The van der Waals surface area contributed by atoms with Gasteiger partial charge in [0.1, 0.15) is 0 Å². The maximum Gasteiger partial charge on any atom is 0.330 e. The second-order valence-electron chi connectivity index (χ2n) is 4.77. The molecule has 22 heavy (non-hydrogen) atoms. The Labute approximate surface area is 125 Å². The van der Waals surface area contributed by atoms with Crippen LogP contribution >= 0.6 is 0 Å². The van der Waals surface area contributed by atoms with E-state index in [-0.39, 0.29) is 5.69 Å². The molecule has 0 aliphatic rings. The molecule has 110 valence electrons. The zero-order valence-corrected chi connectivity index (χ0v) is 11.5. The summed E-state index contributed by atoms with van der Waals surface area (Å²) in [5.74, 6) is -1.66. The highest BCUT2D eigenvalue weighted by Crippen LogP contribution is 2.17. The summed E-state index contributed by atoms with van der Waals surface area (Å²) in [6, 6.07) is 14.6. The standard InChI is InChI=1S/C16H13N3O3/c20-15(14-11-8-4-5-9-12(11)18-19-14)17-13(16(21)22)10-6-2-1-3-7-10/h1-9,13H,(H,17,20)(H,18,19)(H,21,22)/t13-/m0/s1. The highest BCUT2D eigenvalue weighted by atomic mass is 16.4. The molecule has 1 atom stereocenters. The van der Waals surface area contributed by atoms with Crippen LogP contribution < -0.4 is 5.32 Å². The van der Waals surface area contributed by atoms with E-state index >= 15 is 0 Å². The van der Waals surface area contributed by atoms with Crippen LogP contribution in [0, 0.1) is 0 Å². The van der Waals surface area contributed by atoms with Gasteiger partial charge in [-0.2, -0.15) is 5.10 Å². The molecule has 0 aliphatic heterocycles. The van der Waals surface area contributed by atoms with E-state index in [1.54, 1.807) is 48.5 Å². The van der Waals surface area contributed by atoms with E-state index in [0.29, 0.717) is 10.9 Å². The van der Waals surface area contributed by atoms with E-state index in [9.17, 15) is 14.7 Å². The van der Waals surface area contributed by atoms with Crippen LogP contribution in [0.2, 0.25) is 0 Å². The van der Waals surface area contributed by atoms with Gasteiger partial charge in [0, 0.05) is 5.39 Å². The van der Waals surface area contributed by atoms with Crippen LogP contribution in [0.15, 0.2) is 54.6 Å². The molecular formula is C16H13N3O3. The maximum atomic E-state index is 12.4. The summed E-state index contributed by atoms with van der Waals surface area (Å²) in [4.78, 5) is 23.8. The van der Waals surface area contributed by atoms with Crippen molar-refractivity contribution in [3.8, 4) is 0 Å². The Morgan fingerprint density at radius 3 is 2.45 bits per heavy atom. The van der Waals surface area contributed by atoms with Crippen molar-refractivity contribution in [2.45, 2.75) is 6.04 Å². The van der Waals surface area contributed by atoms with Gasteiger partial charge in [-0.15, -0.1) is 0 Å². The third-order valence-electron chi connectivity index (χ3n) is 3.34. The largest absolute Gasteiger partial charge is 0.479 e. The Morgan fingerprint density at radius 2 is 1.73 bits per heavy atom. The minimum absolute atomic E-state index is 0.179. The number of amides is 1. The number of rotatable bonds is 4. The average molecular weight is 295 g/mol. The first kappa shape index (κ1) is 13.8. The lowest BCUT2D eigenvalue weighted by Gasteiger charge is -2.14. The second kappa shape index (κ2) is 5.69. The number of benzene rings is 2. The van der Waals surface area contributed by atoms with Crippen molar-refractivity contribution in [2.24, 2.45) is 0 Å². The topological polar surface area (TPSA) is 95.1 Å². The molecule has 1 heterocycles. The Balaban J connectivity index is 1.90. The first-order chi connectivity index (χ1) is 10.7. The van der Waals surface area contributed by atoms with Gasteiger partial charge in [-0.25, -0.2) is 4.79 Å². The normalized spacial score (nSPS) is 12.0. The summed E-state index contributed by atoms with van der Waals surface area (Å²) in [6.07, 6.45) is 0. The first-order valence-electron chi connectivity index (χ1n) is 6.68. The fourth-order valence-corrected chi connectivity index (χ4v) is 2.27. The number of H-pyrrole nitrogens is 1. The van der Waals surface area contributed by atoms with Crippen LogP contribution in [-0.4, -0.2) is 27.2 Å². The zero-order chi connectivity index (χ0) is 15.5. The fraction of sp³-hybridized carbons (Fsp3) is 0.0625. The minimum Gasteiger partial charge on any atom is -0.479 e. The van der Waals surface area contributed by atoms with Crippen molar-refractivity contribution in [3.63, 3.8) is 0 Å². The number of carboxylic acid groups (broad SMARTS) is 1. The molecule has 3 aromatic rings. The molecule has 3 N–H and O–H groups in total. The SMILES string of the molecule is O=C(N[C@H](C(=O)O)c1ccccc1)c1n[nH]c2ccccc12. The highest BCUT2D eigenvalue weighted by molar-refractivity contribution is 6.05. The highest BCUT2D eigenvalue weighted by Gasteiger charge is 2.24. The van der Waals surface area contributed by atoms with Gasteiger partial charge in [-0.3, -0.25) is 9.89 Å². The summed E-state index contributed by atoms with van der Waals surface area (Å²) < 4.78 is 0. The predicted octanol–water partition coefficient (Wildman–Crippen LogP) is 2.12. The van der Waals surface area contributed by atoms with E-state index in [2.05, 4.69) is 15.5 Å². The van der Waals surface area contributed by atoms with Crippen molar-refractivity contribution in [2.75, 3.05) is 0 Å². The molecule has 0 saturated carbocycles. The lowest BCUT2D eigenvalue weighted by Crippen LogP contribution is -2.34. The van der Waals surface area contributed by atoms with Crippen LogP contribution in [0.25, 0.3) is 10.9 Å². The number of fused-ring (bicyclic) bond motifs is 1. The predicted molar refractivity (Wildman–Crippen MR) is 80.4 cm³/mol. The Bertz CT molecular complexity index is 827. The van der Waals surface area contributed by atoms with Crippen molar-refractivity contribution in [3.05, 3.63) is 65.9 Å². The second-order valence-corrected chi connectivity index (χ2v) is 4.77. The average Bonchev–Trinajstić information content (AvgIpc) is 2.97. The van der Waals surface area contributed by atoms with Gasteiger partial charge in [-0.1, -0.05) is 48.5 Å². The first-order valence-corrected chi connectivity index (χ1v) is 6.68. The number of para-hydroxylation sites is 1. The maximum absolute atomic E-state index is 12.4. The van der Waals surface area contributed by atoms with Gasteiger partial charge in [-0.05, 0) is 11.6 Å². The van der Waals surface area contributed by atoms with E-state index < -0.39 is 17.9 Å². The van der Waals surface area contributed by atoms with Gasteiger partial charge in [0.05, 0.1) is 5.52 Å². The van der Waals surface area contributed by atoms with Crippen molar-refractivity contribution in [1.82, 2.24) is 15.5 Å². The Morgan fingerprint density at radius 1 is 1.05 bits per heavy atom. The van der Waals surface area contributed by atoms with E-state index in [1.807, 2.05) is 6.07 Å². The molecular weight excluding hydrogens is 282 g/mol. The number of carbonyl (C=O) groups is 2. The van der Waals surface area contributed by atoms with Crippen LogP contribution in [0.3, 0.4) is 0 Å². The summed E-state index contributed by atoms with van der Waals surface area (Å²) in [5, 5.41) is 19.2. The Kier molecular flexibility index (Phi) is 3.57. The minimum atomic E-state index is -1.13. The summed E-state index contributed by atoms with van der Waals surface area (Å²) in [5.41, 5.74) is 1.40. The number of aliphatic carboxylic acids is 1. The number of hydrogen-bond donors (Lipinski definition) is 3. The molecule has 1 amide bonds. The quantitative estimate of drug-likeness (QED) is 0.687. The number of carbonyl (C=O) groups excluding carboxylic acids is 1. The van der Waals surface area contributed by atoms with Gasteiger partial charge in [0.25, 0.3) is 5.91 Å². The number of nitrogens with one attached hydrogen (secondary N) is 2. The fourth-order valence-electron chi connectivity index (χ4n) is 2.27. The molecule has 0 unspecified atom stereocenters. The monoisotopic (exact) mass is 295 g/mol. The number of nitrogens with zero attached hydrogens (tertiary/aromatic N) is 1. The molecule has 0 fully saturated rings. The van der Waals surface area contributed by atoms with Crippen molar-refractivity contribution in [1.29, 1.82) is 0 Å². The van der Waals surface area contributed by atoms with Gasteiger partial charge in [0.2, 0.25) is 0 Å². The summed E-state index contributed by atoms with van der Waals surface area (Å²) in [6.45, 7) is 0. The van der Waals surface area contributed by atoms with Crippen LogP contribution in [-0.2, 0) is 4.79 Å². The number of hydrogen-bond acceptors (Lipinski definition) is 3. The van der Waals surface area contributed by atoms with Gasteiger partial charge in [0.15, 0.2) is 11.7 Å².